The molecule has 1 atom stereocenters. The average Bonchev–Trinajstić information content (AvgIpc) is 3.13. The second-order valence-corrected chi connectivity index (χ2v) is 14.3. The highest BCUT2D eigenvalue weighted by molar-refractivity contribution is 7.92. The number of carbonyl (C=O) groups is 2. The van der Waals surface area contributed by atoms with Crippen LogP contribution in [-0.2, 0) is 32.6 Å². The third kappa shape index (κ3) is 9.00. The molecule has 5 rings (SSSR count). The van der Waals surface area contributed by atoms with Gasteiger partial charge in [-0.15, -0.1) is 0 Å². The summed E-state index contributed by atoms with van der Waals surface area (Å²) in [5.74, 6) is -0.159. The maximum absolute atomic E-state index is 14.8. The van der Waals surface area contributed by atoms with E-state index in [1.807, 2.05) is 61.5 Å². The third-order valence-electron chi connectivity index (χ3n) is 8.96. The van der Waals surface area contributed by atoms with Crippen LogP contribution in [0.25, 0.3) is 0 Å². The fraction of sp³-hybridized carbons (Fsp3) is 0.333. The number of nitrogens with zero attached hydrogens (tertiary/aromatic N) is 2. The van der Waals surface area contributed by atoms with Gasteiger partial charge in [-0.3, -0.25) is 13.9 Å². The standard InChI is InChI=1S/C39H45N3O6S/c1-29-19-21-31(22-20-29)27-41(36(25-30-13-7-4-8-14-30)39(44)40-32-15-9-5-10-16-32)38(43)28-42(49(45,46)34-17-11-6-12-18-34)35-26-33(47-2)23-24-37(35)48-3/h4,6-8,11-14,17-24,26,32,36H,5,9-10,15-16,25,27-28H2,1-3H3,(H,40,44)/t36-/m0/s1. The molecule has 1 aliphatic rings. The molecule has 1 aliphatic carbocycles. The highest BCUT2D eigenvalue weighted by Gasteiger charge is 2.36. The van der Waals surface area contributed by atoms with Gasteiger partial charge in [0.2, 0.25) is 11.8 Å². The van der Waals surface area contributed by atoms with Gasteiger partial charge in [-0.1, -0.05) is 97.6 Å². The molecule has 4 aromatic carbocycles. The molecule has 0 radical (unpaired) electrons. The Morgan fingerprint density at radius 3 is 2.10 bits per heavy atom. The first-order chi connectivity index (χ1) is 23.7. The summed E-state index contributed by atoms with van der Waals surface area (Å²) in [6, 6.07) is 29.2. The van der Waals surface area contributed by atoms with Crippen LogP contribution in [0.4, 0.5) is 5.69 Å². The monoisotopic (exact) mass is 683 g/mol. The molecular weight excluding hydrogens is 639 g/mol. The molecule has 0 bridgehead atoms. The molecule has 0 heterocycles. The Balaban J connectivity index is 1.60. The first kappa shape index (κ1) is 35.5. The van der Waals surface area contributed by atoms with Crippen LogP contribution in [0, 0.1) is 6.92 Å². The first-order valence-electron chi connectivity index (χ1n) is 16.7. The van der Waals surface area contributed by atoms with Gasteiger partial charge in [0.15, 0.2) is 0 Å². The van der Waals surface area contributed by atoms with Crippen LogP contribution in [0.3, 0.4) is 0 Å². The van der Waals surface area contributed by atoms with Crippen molar-refractivity contribution in [2.45, 2.75) is 69.0 Å². The Morgan fingerprint density at radius 2 is 1.47 bits per heavy atom. The number of anilines is 1. The normalized spacial score (nSPS) is 14.0. The fourth-order valence-corrected chi connectivity index (χ4v) is 7.65. The zero-order chi connectivity index (χ0) is 34.8. The summed E-state index contributed by atoms with van der Waals surface area (Å²) >= 11 is 0. The summed E-state index contributed by atoms with van der Waals surface area (Å²) < 4.78 is 40.9. The molecule has 10 heteroatoms. The number of hydrogen-bond donors (Lipinski definition) is 1. The minimum absolute atomic E-state index is 0.00800. The summed E-state index contributed by atoms with van der Waals surface area (Å²) in [5.41, 5.74) is 2.90. The Labute approximate surface area is 289 Å². The van der Waals surface area contributed by atoms with E-state index in [9.17, 15) is 18.0 Å². The number of benzene rings is 4. The molecule has 0 aliphatic heterocycles. The van der Waals surface area contributed by atoms with Crippen LogP contribution in [0.2, 0.25) is 0 Å². The predicted molar refractivity (Wildman–Crippen MR) is 191 cm³/mol. The summed E-state index contributed by atoms with van der Waals surface area (Å²) in [5, 5.41) is 3.24. The summed E-state index contributed by atoms with van der Waals surface area (Å²) in [6.45, 7) is 1.49. The van der Waals surface area contributed by atoms with E-state index in [-0.39, 0.29) is 41.2 Å². The zero-order valence-electron chi connectivity index (χ0n) is 28.4. The number of carbonyl (C=O) groups excluding carboxylic acids is 2. The highest BCUT2D eigenvalue weighted by Crippen LogP contribution is 2.36. The predicted octanol–water partition coefficient (Wildman–Crippen LogP) is 6.30. The molecule has 9 nitrogen and oxygen atoms in total. The van der Waals surface area contributed by atoms with Crippen LogP contribution < -0.4 is 19.1 Å². The Kier molecular flexibility index (Phi) is 12.0. The van der Waals surface area contributed by atoms with Gasteiger partial charge in [0.05, 0.1) is 24.8 Å². The molecule has 0 unspecified atom stereocenters. The van der Waals surface area contributed by atoms with Gasteiger partial charge in [-0.2, -0.15) is 0 Å². The molecule has 0 saturated heterocycles. The molecule has 1 fully saturated rings. The maximum atomic E-state index is 14.8. The van der Waals surface area contributed by atoms with E-state index in [4.69, 9.17) is 9.47 Å². The number of ether oxygens (including phenoxy) is 2. The van der Waals surface area contributed by atoms with Crippen molar-refractivity contribution in [1.29, 1.82) is 0 Å². The smallest absolute Gasteiger partial charge is 0.264 e. The second-order valence-electron chi connectivity index (χ2n) is 12.4. The van der Waals surface area contributed by atoms with E-state index in [0.29, 0.717) is 5.75 Å². The van der Waals surface area contributed by atoms with Crippen molar-refractivity contribution < 1.29 is 27.5 Å². The van der Waals surface area contributed by atoms with Gasteiger partial charge in [0.25, 0.3) is 10.0 Å². The Morgan fingerprint density at radius 1 is 0.816 bits per heavy atom. The summed E-state index contributed by atoms with van der Waals surface area (Å²) in [7, 11) is -1.38. The van der Waals surface area contributed by atoms with Gasteiger partial charge in [0, 0.05) is 25.1 Å². The van der Waals surface area contributed by atoms with Crippen molar-refractivity contribution >= 4 is 27.5 Å². The lowest BCUT2D eigenvalue weighted by Crippen LogP contribution is -2.55. The number of rotatable bonds is 14. The van der Waals surface area contributed by atoms with E-state index >= 15 is 0 Å². The van der Waals surface area contributed by atoms with E-state index in [2.05, 4.69) is 5.32 Å². The Hall–Kier alpha value is -4.83. The second kappa shape index (κ2) is 16.5. The lowest BCUT2D eigenvalue weighted by molar-refractivity contribution is -0.140. The van der Waals surface area contributed by atoms with Gasteiger partial charge in [-0.25, -0.2) is 8.42 Å². The molecule has 1 saturated carbocycles. The fourth-order valence-electron chi connectivity index (χ4n) is 6.21. The lowest BCUT2D eigenvalue weighted by Gasteiger charge is -2.35. The van der Waals surface area contributed by atoms with Crippen molar-refractivity contribution in [1.82, 2.24) is 10.2 Å². The van der Waals surface area contributed by atoms with Crippen LogP contribution in [0.15, 0.2) is 108 Å². The summed E-state index contributed by atoms with van der Waals surface area (Å²) in [6.07, 6.45) is 5.23. The van der Waals surface area contributed by atoms with E-state index in [1.165, 1.54) is 37.3 Å². The van der Waals surface area contributed by atoms with Crippen LogP contribution >= 0.6 is 0 Å². The van der Waals surface area contributed by atoms with Gasteiger partial charge in [-0.05, 0) is 55.2 Å². The van der Waals surface area contributed by atoms with Crippen molar-refractivity contribution in [3.8, 4) is 11.5 Å². The minimum atomic E-state index is -4.30. The number of amides is 2. The zero-order valence-corrected chi connectivity index (χ0v) is 29.2. The Bertz CT molecular complexity index is 1790. The number of sulfonamides is 1. The topological polar surface area (TPSA) is 105 Å². The highest BCUT2D eigenvalue weighted by atomic mass is 32.2. The summed E-state index contributed by atoms with van der Waals surface area (Å²) in [4.78, 5) is 30.6. The van der Waals surface area contributed by atoms with Crippen molar-refractivity contribution in [3.05, 3.63) is 120 Å². The molecular formula is C39H45N3O6S. The number of hydrogen-bond acceptors (Lipinski definition) is 6. The molecule has 2 amide bonds. The van der Waals surface area contributed by atoms with Gasteiger partial charge < -0.3 is 19.7 Å². The number of aryl methyl sites for hydroxylation is 1. The number of methoxy groups -OCH3 is 2. The van der Waals surface area contributed by atoms with E-state index in [0.717, 1.165) is 53.1 Å². The van der Waals surface area contributed by atoms with Gasteiger partial charge >= 0.3 is 0 Å². The average molecular weight is 684 g/mol. The van der Waals surface area contributed by atoms with Gasteiger partial charge in [0.1, 0.15) is 24.1 Å². The molecule has 1 N–H and O–H groups in total. The van der Waals surface area contributed by atoms with E-state index in [1.54, 1.807) is 30.3 Å². The third-order valence-corrected chi connectivity index (χ3v) is 10.7. The lowest BCUT2D eigenvalue weighted by atomic mass is 9.94. The molecule has 4 aromatic rings. The maximum Gasteiger partial charge on any atom is 0.264 e. The SMILES string of the molecule is COc1ccc(OC)c(N(CC(=O)N(Cc2ccc(C)cc2)[C@@H](Cc2ccccc2)C(=O)NC2CCCCC2)S(=O)(=O)c2ccccc2)c1. The van der Waals surface area contributed by atoms with Crippen LogP contribution in [0.1, 0.15) is 48.8 Å². The molecule has 0 aromatic heterocycles. The first-order valence-corrected chi connectivity index (χ1v) is 18.1. The molecule has 258 valence electrons. The minimum Gasteiger partial charge on any atom is -0.497 e. The van der Waals surface area contributed by atoms with E-state index < -0.39 is 28.5 Å². The molecule has 49 heavy (non-hydrogen) atoms. The number of nitrogens with one attached hydrogen (secondary N) is 1. The van der Waals surface area contributed by atoms with Crippen molar-refractivity contribution in [2.24, 2.45) is 0 Å². The van der Waals surface area contributed by atoms with Crippen LogP contribution in [0.5, 0.6) is 11.5 Å². The largest absolute Gasteiger partial charge is 0.497 e. The van der Waals surface area contributed by atoms with Crippen molar-refractivity contribution in [2.75, 3.05) is 25.1 Å². The molecule has 0 spiro atoms. The van der Waals surface area contributed by atoms with Crippen molar-refractivity contribution in [3.63, 3.8) is 0 Å². The van der Waals surface area contributed by atoms with Crippen LogP contribution in [-0.4, -0.2) is 58.0 Å². The quantitative estimate of drug-likeness (QED) is 0.167.